The number of benzene rings is 9. The van der Waals surface area contributed by atoms with Crippen molar-refractivity contribution in [1.82, 2.24) is 68.5 Å². The van der Waals surface area contributed by atoms with Gasteiger partial charge in [0.05, 0.1) is 83.8 Å². The van der Waals surface area contributed by atoms with Gasteiger partial charge in [-0.25, -0.2) is 19.9 Å². The zero-order chi connectivity index (χ0) is 76.4. The Kier molecular flexibility index (Phi) is 19.2. The number of fused-ring (bicyclic) bond motifs is 9. The van der Waals surface area contributed by atoms with E-state index in [4.69, 9.17) is 29.9 Å². The number of nitrogens with zero attached hydrogens (tertiary/aromatic N) is 14. The number of hydrogen-bond acceptors (Lipinski definition) is 11. The number of rotatable bonds is 12. The van der Waals surface area contributed by atoms with Crippen LogP contribution in [0.3, 0.4) is 0 Å². The van der Waals surface area contributed by atoms with Gasteiger partial charge in [-0.1, -0.05) is 157 Å². The largest absolute Gasteiger partial charge is 0.308 e. The summed E-state index contributed by atoms with van der Waals surface area (Å²) in [4.78, 5) is 51.8. The molecule has 12 aromatic heterocycles. The van der Waals surface area contributed by atoms with E-state index >= 15 is 0 Å². The Morgan fingerprint density at radius 2 is 0.518 bits per heavy atom. The van der Waals surface area contributed by atoms with E-state index in [1.54, 1.807) is 12.4 Å². The summed E-state index contributed by atoms with van der Waals surface area (Å²) in [6, 6.07) is 111. The molecule has 17 heteroatoms. The minimum atomic E-state index is 0.635. The van der Waals surface area contributed by atoms with E-state index in [-0.39, 0.29) is 0 Å². The lowest BCUT2D eigenvalue weighted by atomic mass is 9.96. The first kappa shape index (κ1) is 70.4. The maximum absolute atomic E-state index is 4.92. The molecule has 0 aliphatic heterocycles. The van der Waals surface area contributed by atoms with E-state index in [2.05, 4.69) is 262 Å². The molecule has 9 aromatic carbocycles. The van der Waals surface area contributed by atoms with E-state index < -0.39 is 0 Å². The van der Waals surface area contributed by atoms with Crippen LogP contribution >= 0.6 is 47.8 Å². The fourth-order valence-electron chi connectivity index (χ4n) is 14.7. The summed E-state index contributed by atoms with van der Waals surface area (Å²) in [6.07, 6.45) is 12.8. The van der Waals surface area contributed by atoms with Crippen molar-refractivity contribution in [2.45, 2.75) is 0 Å². The van der Waals surface area contributed by atoms with Crippen LogP contribution in [0.5, 0.6) is 0 Å². The summed E-state index contributed by atoms with van der Waals surface area (Å²) < 4.78 is 9.88. The first-order chi connectivity index (χ1) is 56.2. The van der Waals surface area contributed by atoms with Gasteiger partial charge in [0.15, 0.2) is 17.5 Å². The first-order valence-electron chi connectivity index (χ1n) is 36.9. The highest BCUT2D eigenvalue weighted by Gasteiger charge is 2.21. The van der Waals surface area contributed by atoms with Gasteiger partial charge in [0.25, 0.3) is 0 Å². The van der Waals surface area contributed by atoms with Crippen LogP contribution in [0.15, 0.2) is 384 Å². The summed E-state index contributed by atoms with van der Waals surface area (Å²) >= 11 is 11.0. The van der Waals surface area contributed by atoms with Crippen LogP contribution in [0.1, 0.15) is 0 Å². The lowest BCUT2D eigenvalue weighted by molar-refractivity contribution is 1.07. The highest BCUT2D eigenvalue weighted by molar-refractivity contribution is 9.11. The van der Waals surface area contributed by atoms with Crippen molar-refractivity contribution in [1.29, 1.82) is 0 Å². The SMILES string of the molecule is Brc1ccc2c3ncccc3n(-c3ccc(-c4nc(-c5ccccc5)nc(-c5ccccc5)n4)cc3)c2c1.Brc1ccc2c3ncccc3n(-c3cccc(-c4cc(-c5ccccn5)cc(-c5ccccn5)c4)c3)c2c1.Brc1ccc2c3ncccc3n(-c3cccc(-c4cc(-c5ccccn5)nc(-c5ccccn5)c4)c3)c2c1. The molecule has 0 saturated carbocycles. The zero-order valence-corrected chi connectivity index (χ0v) is 65.4. The predicted octanol–water partition coefficient (Wildman–Crippen LogP) is 25.0. The Bertz CT molecular complexity index is 6670. The Morgan fingerprint density at radius 1 is 0.184 bits per heavy atom. The highest BCUT2D eigenvalue weighted by atomic mass is 79.9. The van der Waals surface area contributed by atoms with Gasteiger partial charge in [0.1, 0.15) is 0 Å². The zero-order valence-electron chi connectivity index (χ0n) is 60.6. The van der Waals surface area contributed by atoms with Gasteiger partial charge in [-0.05, 0) is 241 Å². The standard InChI is InChI=1S/C33H21BrN4.2C32H20BrN5/c34-26-12-13-28-32(21-26)38(31-11-6-16-37-33(28)31)27-8-5-7-22(20-27)23-17-24(29-9-1-3-14-35-29)19-25(18-23)30-10-2-4-15-36-30;33-23-12-13-25-31(20-23)38(30-11-6-16-36-32(25)30)24-8-5-7-21(17-24)22-18-28(26-9-1-3-14-34-26)37-29(19-22)27-10-2-4-15-35-27;33-24-15-18-26-28(20-24)38(27-12-7-19-34-29(26)27)25-16-13-23(14-17-25)32-36-30(21-8-3-1-4-9-21)35-31(37-32)22-10-5-2-6-11-22/h1-21H;2*1-20H. The monoisotopic (exact) mass is 1660 g/mol. The van der Waals surface area contributed by atoms with Crippen LogP contribution in [0.25, 0.3) is 185 Å². The molecule has 0 fully saturated rings. The number of hydrogen-bond donors (Lipinski definition) is 0. The van der Waals surface area contributed by atoms with Gasteiger partial charge >= 0.3 is 0 Å². The normalized spacial score (nSPS) is 11.3. The summed E-state index contributed by atoms with van der Waals surface area (Å²) in [6.45, 7) is 0. The average Bonchev–Trinajstić information content (AvgIpc) is 1.61. The second kappa shape index (κ2) is 31.1. The third-order valence-electron chi connectivity index (χ3n) is 19.9. The first-order valence-corrected chi connectivity index (χ1v) is 39.3. The maximum atomic E-state index is 4.92. The van der Waals surface area contributed by atoms with Gasteiger partial charge < -0.3 is 13.7 Å². The molecule has 0 saturated heterocycles. The molecule has 14 nitrogen and oxygen atoms in total. The number of pyridine rings is 8. The van der Waals surface area contributed by atoms with Crippen molar-refractivity contribution in [3.8, 4) is 119 Å². The number of aromatic nitrogens is 14. The second-order valence-electron chi connectivity index (χ2n) is 27.1. The van der Waals surface area contributed by atoms with Crippen LogP contribution in [0.4, 0.5) is 0 Å². The molecule has 0 aliphatic carbocycles. The lowest BCUT2D eigenvalue weighted by Crippen LogP contribution is -2.00. The molecule has 0 atom stereocenters. The summed E-state index contributed by atoms with van der Waals surface area (Å²) in [7, 11) is 0. The summed E-state index contributed by atoms with van der Waals surface area (Å²) in [5, 5.41) is 3.36. The average molecular weight is 1660 g/mol. The molecule has 0 unspecified atom stereocenters. The molecule has 114 heavy (non-hydrogen) atoms. The van der Waals surface area contributed by atoms with Crippen LogP contribution in [-0.2, 0) is 0 Å². The predicted molar refractivity (Wildman–Crippen MR) is 470 cm³/mol. The quantitative estimate of drug-likeness (QED) is 0.115. The third kappa shape index (κ3) is 14.1. The lowest BCUT2D eigenvalue weighted by Gasteiger charge is -2.13. The molecule has 540 valence electrons. The van der Waals surface area contributed by atoms with Crippen molar-refractivity contribution < 1.29 is 0 Å². The van der Waals surface area contributed by atoms with Crippen LogP contribution in [0.2, 0.25) is 0 Å². The second-order valence-corrected chi connectivity index (χ2v) is 29.8. The topological polar surface area (TPSA) is 157 Å². The van der Waals surface area contributed by atoms with Crippen molar-refractivity contribution in [3.63, 3.8) is 0 Å². The van der Waals surface area contributed by atoms with Crippen molar-refractivity contribution in [2.24, 2.45) is 0 Å². The van der Waals surface area contributed by atoms with Crippen LogP contribution in [-0.4, -0.2) is 68.5 Å². The summed E-state index contributed by atoms with van der Waals surface area (Å²) in [5.41, 5.74) is 27.1. The minimum absolute atomic E-state index is 0.635. The molecule has 12 heterocycles. The third-order valence-corrected chi connectivity index (χ3v) is 21.4. The Balaban J connectivity index is 0.000000115. The van der Waals surface area contributed by atoms with Crippen molar-refractivity contribution >= 4 is 114 Å². The van der Waals surface area contributed by atoms with Crippen molar-refractivity contribution in [3.05, 3.63) is 384 Å². The van der Waals surface area contributed by atoms with Crippen molar-refractivity contribution in [2.75, 3.05) is 0 Å². The van der Waals surface area contributed by atoms with Gasteiger partial charge in [0, 0.05) is 118 Å². The fraction of sp³-hybridized carbons (Fsp3) is 0. The Labute approximate surface area is 680 Å². The van der Waals surface area contributed by atoms with E-state index in [1.165, 1.54) is 0 Å². The minimum Gasteiger partial charge on any atom is -0.308 e. The molecule has 0 aliphatic rings. The fourth-order valence-corrected chi connectivity index (χ4v) is 15.8. The van der Waals surface area contributed by atoms with Gasteiger partial charge in [-0.15, -0.1) is 0 Å². The molecule has 21 aromatic rings. The van der Waals surface area contributed by atoms with Crippen LogP contribution in [0, 0.1) is 0 Å². The van der Waals surface area contributed by atoms with Crippen LogP contribution < -0.4 is 0 Å². The molecule has 0 radical (unpaired) electrons. The van der Waals surface area contributed by atoms with E-state index in [0.717, 1.165) is 181 Å². The molecular weight excluding hydrogens is 1600 g/mol. The van der Waals surface area contributed by atoms with E-state index in [0.29, 0.717) is 17.5 Å². The van der Waals surface area contributed by atoms with Gasteiger partial charge in [0.2, 0.25) is 0 Å². The molecule has 0 N–H and O–H groups in total. The Morgan fingerprint density at radius 3 is 0.904 bits per heavy atom. The number of halogens is 3. The maximum Gasteiger partial charge on any atom is 0.164 e. The molecular formula is C97H61Br3N14. The molecule has 21 rings (SSSR count). The van der Waals surface area contributed by atoms with Gasteiger partial charge in [-0.3, -0.25) is 34.9 Å². The highest BCUT2D eigenvalue weighted by Crippen LogP contribution is 2.40. The van der Waals surface area contributed by atoms with E-state index in [9.17, 15) is 0 Å². The van der Waals surface area contributed by atoms with Gasteiger partial charge in [-0.2, -0.15) is 0 Å². The molecule has 0 amide bonds. The molecule has 0 spiro atoms. The summed E-state index contributed by atoms with van der Waals surface area (Å²) in [5.74, 6) is 1.93. The molecule has 0 bridgehead atoms. The smallest absolute Gasteiger partial charge is 0.164 e. The Hall–Kier alpha value is -14.0. The van der Waals surface area contributed by atoms with E-state index in [1.807, 2.05) is 183 Å².